The molecule has 1 aromatic rings. The average molecular weight is 381 g/mol. The maximum Gasteiger partial charge on any atom is 0.417 e. The lowest BCUT2D eigenvalue weighted by Crippen LogP contribution is -2.43. The fourth-order valence-electron chi connectivity index (χ4n) is 2.33. The Morgan fingerprint density at radius 1 is 1.54 bits per heavy atom. The summed E-state index contributed by atoms with van der Waals surface area (Å²) >= 11 is 2.18. The summed E-state index contributed by atoms with van der Waals surface area (Å²) in [5.41, 5.74) is -2.11. The molecule has 0 spiro atoms. The van der Waals surface area contributed by atoms with Crippen molar-refractivity contribution in [1.82, 2.24) is 9.19 Å². The van der Waals surface area contributed by atoms with Gasteiger partial charge in [-0.15, -0.1) is 0 Å². The molecule has 1 saturated heterocycles. The number of alkyl halides is 3. The highest BCUT2D eigenvalue weighted by molar-refractivity contribution is 7.89. The highest BCUT2D eigenvalue weighted by atomic mass is 32.2. The monoisotopic (exact) mass is 381 g/mol. The van der Waals surface area contributed by atoms with Gasteiger partial charge in [0.15, 0.2) is 5.60 Å². The molecule has 0 bridgehead atoms. The van der Waals surface area contributed by atoms with E-state index in [1.807, 2.05) is 0 Å². The molecular formula is C12H15AlF3N3O4S. The summed E-state index contributed by atoms with van der Waals surface area (Å²) in [5.74, 6) is -0.792. The molecule has 0 saturated carbocycles. The summed E-state index contributed by atoms with van der Waals surface area (Å²) in [6.45, 7) is 2.36. The molecular weight excluding hydrogens is 366 g/mol. The smallest absolute Gasteiger partial charge is 0.354 e. The van der Waals surface area contributed by atoms with Gasteiger partial charge in [-0.1, -0.05) is 4.78 Å². The van der Waals surface area contributed by atoms with Gasteiger partial charge in [0.25, 0.3) is 15.9 Å². The van der Waals surface area contributed by atoms with Gasteiger partial charge in [-0.05, 0) is 20.3 Å². The maximum atomic E-state index is 13.0. The standard InChI is InChI=1S/C12H15F3N3O4S.Al/c1-7-8(6-18(17-7)23(3,20)21)16-10(19)9-4-5-11(2,22-9)12(13,14)15;/h4,6,9H,5H2,1-3H3,(H,16,19);/t9-,11-;/m0./s1. The van der Waals surface area contributed by atoms with E-state index in [4.69, 9.17) is 4.74 Å². The Hall–Kier alpha value is -1.09. The first-order valence-electron chi connectivity index (χ1n) is 6.82. The van der Waals surface area contributed by atoms with Gasteiger partial charge in [0.05, 0.1) is 23.8 Å². The second kappa shape index (κ2) is 6.02. The number of nitrogens with zero attached hydrogens (tertiary/aromatic N) is 2. The number of nitrogens with one attached hydrogen (secondary N) is 1. The average Bonchev–Trinajstić information content (AvgIpc) is 2.90. The Balaban J connectivity index is 2.18. The minimum absolute atomic E-state index is 0.0897. The molecule has 2 radical (unpaired) electrons. The molecule has 1 aromatic heterocycles. The van der Waals surface area contributed by atoms with Crippen molar-refractivity contribution in [3.8, 4) is 0 Å². The number of carbonyl (C=O) groups excluding carboxylic acids is 1. The minimum atomic E-state index is -4.60. The molecule has 1 fully saturated rings. The number of anilines is 1. The molecule has 1 aliphatic heterocycles. The summed E-state index contributed by atoms with van der Waals surface area (Å²) in [6.07, 6.45) is -4.30. The molecule has 3 atom stereocenters. The summed E-state index contributed by atoms with van der Waals surface area (Å²) in [6, 6.07) is 0. The summed E-state index contributed by atoms with van der Waals surface area (Å²) in [5, 5.41) is 6.11. The zero-order chi connectivity index (χ0) is 18.5. The number of carbonyl (C=O) groups is 1. The van der Waals surface area contributed by atoms with E-state index in [0.717, 1.165) is 19.4 Å². The van der Waals surface area contributed by atoms with Crippen LogP contribution in [0.15, 0.2) is 6.20 Å². The van der Waals surface area contributed by atoms with E-state index in [1.165, 1.54) is 6.92 Å². The van der Waals surface area contributed by atoms with Crippen LogP contribution in [0.2, 0.25) is 4.78 Å². The Morgan fingerprint density at radius 3 is 2.54 bits per heavy atom. The number of hydrogen-bond acceptors (Lipinski definition) is 5. The van der Waals surface area contributed by atoms with Gasteiger partial charge < -0.3 is 10.1 Å². The van der Waals surface area contributed by atoms with Gasteiger partial charge >= 0.3 is 6.18 Å². The molecule has 1 amide bonds. The van der Waals surface area contributed by atoms with E-state index in [1.54, 1.807) is 0 Å². The number of hydrogen-bond donors (Lipinski definition) is 1. The number of aromatic nitrogens is 2. The fraction of sp³-hybridized carbons (Fsp3) is 0.667. The molecule has 0 aromatic carbocycles. The van der Waals surface area contributed by atoms with Crippen molar-refractivity contribution in [3.05, 3.63) is 11.9 Å². The largest absolute Gasteiger partial charge is 0.417 e. The van der Waals surface area contributed by atoms with E-state index in [-0.39, 0.29) is 17.8 Å². The van der Waals surface area contributed by atoms with Crippen LogP contribution in [0.4, 0.5) is 18.9 Å². The number of rotatable bonds is 3. The van der Waals surface area contributed by atoms with Crippen molar-refractivity contribution in [2.75, 3.05) is 11.6 Å². The van der Waals surface area contributed by atoms with E-state index < -0.39 is 38.6 Å². The first-order chi connectivity index (χ1) is 10.7. The van der Waals surface area contributed by atoms with Crippen molar-refractivity contribution in [3.63, 3.8) is 0 Å². The van der Waals surface area contributed by atoms with Crippen molar-refractivity contribution < 1.29 is 31.1 Å². The first-order valence-corrected chi connectivity index (χ1v) is 9.34. The van der Waals surface area contributed by atoms with Crippen molar-refractivity contribution in [1.29, 1.82) is 0 Å². The summed E-state index contributed by atoms with van der Waals surface area (Å²) < 4.78 is 66.9. The Labute approximate surface area is 145 Å². The third-order valence-corrected chi connectivity index (χ3v) is 5.19. The SMILES string of the molecule is Cc1nn(S(C)(=O)=O)cc1NC(=O)[C@H]1O[C@](C)(C(F)(F)F)C[C@@H]1[Al]. The second-order valence-electron chi connectivity index (χ2n) is 5.89. The summed E-state index contributed by atoms with van der Waals surface area (Å²) in [7, 11) is -3.64. The van der Waals surface area contributed by atoms with Crippen LogP contribution >= 0.6 is 0 Å². The van der Waals surface area contributed by atoms with Crippen LogP contribution in [0.25, 0.3) is 0 Å². The molecule has 24 heavy (non-hydrogen) atoms. The fourth-order valence-corrected chi connectivity index (χ4v) is 3.60. The van der Waals surface area contributed by atoms with Crippen LogP contribution in [0.3, 0.4) is 0 Å². The van der Waals surface area contributed by atoms with Crippen molar-refractivity contribution in [2.45, 2.75) is 42.9 Å². The third kappa shape index (κ3) is 3.61. The molecule has 12 heteroatoms. The van der Waals surface area contributed by atoms with Crippen LogP contribution < -0.4 is 5.32 Å². The van der Waals surface area contributed by atoms with E-state index >= 15 is 0 Å². The van der Waals surface area contributed by atoms with Gasteiger partial charge in [0.2, 0.25) is 0 Å². The minimum Gasteiger partial charge on any atom is -0.354 e. The molecule has 2 rings (SSSR count). The van der Waals surface area contributed by atoms with Gasteiger partial charge in [-0.2, -0.15) is 22.4 Å². The summed E-state index contributed by atoms with van der Waals surface area (Å²) in [4.78, 5) is 12.2. The third-order valence-electron chi connectivity index (χ3n) is 3.73. The quantitative estimate of drug-likeness (QED) is 0.789. The lowest BCUT2D eigenvalue weighted by Gasteiger charge is -2.27. The molecule has 7 nitrogen and oxygen atoms in total. The number of halogens is 3. The molecule has 132 valence electrons. The molecule has 1 aliphatic rings. The number of ether oxygens (including phenoxy) is 1. The van der Waals surface area contributed by atoms with Gasteiger partial charge in [0, 0.05) is 0 Å². The molecule has 1 N–H and O–H groups in total. The van der Waals surface area contributed by atoms with Crippen molar-refractivity contribution in [2.24, 2.45) is 0 Å². The van der Waals surface area contributed by atoms with Gasteiger partial charge in [-0.25, -0.2) is 8.42 Å². The predicted molar refractivity (Wildman–Crippen MR) is 79.3 cm³/mol. The maximum absolute atomic E-state index is 13.0. The lowest BCUT2D eigenvalue weighted by atomic mass is 10.0. The topological polar surface area (TPSA) is 90.3 Å². The predicted octanol–water partition coefficient (Wildman–Crippen LogP) is 1.00. The van der Waals surface area contributed by atoms with Crippen LogP contribution in [0, 0.1) is 6.92 Å². The second-order valence-corrected chi connectivity index (χ2v) is 8.58. The zero-order valence-electron chi connectivity index (χ0n) is 13.1. The number of amides is 1. The van der Waals surface area contributed by atoms with E-state index in [0.29, 0.717) is 4.09 Å². The Kier molecular flexibility index (Phi) is 4.82. The van der Waals surface area contributed by atoms with Crippen LogP contribution in [0.1, 0.15) is 19.0 Å². The molecule has 0 aliphatic carbocycles. The first kappa shape index (κ1) is 19.2. The van der Waals surface area contributed by atoms with Crippen molar-refractivity contribution >= 4 is 37.9 Å². The van der Waals surface area contributed by atoms with E-state index in [9.17, 15) is 26.4 Å². The highest BCUT2D eigenvalue weighted by Crippen LogP contribution is 2.47. The van der Waals surface area contributed by atoms with Gasteiger partial charge in [-0.3, -0.25) is 4.79 Å². The molecule has 0 unspecified atom stereocenters. The lowest BCUT2D eigenvalue weighted by molar-refractivity contribution is -0.261. The van der Waals surface area contributed by atoms with Gasteiger partial charge in [0.1, 0.15) is 22.4 Å². The molecule has 2 heterocycles. The normalized spacial score (nSPS) is 28.1. The van der Waals surface area contributed by atoms with Crippen LogP contribution in [-0.2, 0) is 19.6 Å². The highest BCUT2D eigenvalue weighted by Gasteiger charge is 2.59. The van der Waals surface area contributed by atoms with E-state index in [2.05, 4.69) is 26.7 Å². The Morgan fingerprint density at radius 2 is 2.12 bits per heavy atom. The van der Waals surface area contributed by atoms with Crippen LogP contribution in [-0.4, -0.2) is 63.9 Å². The zero-order valence-corrected chi connectivity index (χ0v) is 15.1. The number of aryl methyl sites for hydroxylation is 1. The van der Waals surface area contributed by atoms with Crippen LogP contribution in [0.5, 0.6) is 0 Å². The Bertz CT molecular complexity index is 764.